The zero-order chi connectivity index (χ0) is 18.0. The molecule has 1 atom stereocenters. The molecule has 25 heavy (non-hydrogen) atoms. The summed E-state index contributed by atoms with van der Waals surface area (Å²) in [6.07, 6.45) is 1.31. The highest BCUT2D eigenvalue weighted by Crippen LogP contribution is 2.39. The minimum absolute atomic E-state index is 0.0413. The van der Waals surface area contributed by atoms with E-state index < -0.39 is 18.6 Å². The largest absolute Gasteiger partial charge is 0.463 e. The quantitative estimate of drug-likeness (QED) is 0.836. The molecule has 1 N–H and O–H groups in total. The molecular formula is C16H16F2N4O3. The molecule has 1 aliphatic rings. The molecule has 0 fully saturated rings. The molecule has 1 aliphatic heterocycles. The maximum Gasteiger partial charge on any atom is 0.387 e. The molecule has 0 unspecified atom stereocenters. The third kappa shape index (κ3) is 3.17. The smallest absolute Gasteiger partial charge is 0.387 e. The number of esters is 1. The lowest BCUT2D eigenvalue weighted by Crippen LogP contribution is -2.30. The Balaban J connectivity index is 2.16. The van der Waals surface area contributed by atoms with Crippen molar-refractivity contribution in [2.24, 2.45) is 0 Å². The summed E-state index contributed by atoms with van der Waals surface area (Å²) in [6, 6.07) is 5.46. The van der Waals surface area contributed by atoms with Crippen molar-refractivity contribution in [1.29, 1.82) is 0 Å². The number of fused-ring (bicyclic) bond motifs is 1. The summed E-state index contributed by atoms with van der Waals surface area (Å²) in [5.41, 5.74) is 1.12. The van der Waals surface area contributed by atoms with Gasteiger partial charge in [0.1, 0.15) is 18.1 Å². The molecule has 9 heteroatoms. The van der Waals surface area contributed by atoms with Gasteiger partial charge in [-0.3, -0.25) is 0 Å². The predicted molar refractivity (Wildman–Crippen MR) is 84.2 cm³/mol. The van der Waals surface area contributed by atoms with Crippen LogP contribution in [0.1, 0.15) is 25.5 Å². The Kier molecular flexibility index (Phi) is 4.64. The van der Waals surface area contributed by atoms with Crippen LogP contribution in [-0.2, 0) is 9.53 Å². The van der Waals surface area contributed by atoms with E-state index in [0.29, 0.717) is 17.2 Å². The molecule has 2 aromatic rings. The number of ether oxygens (including phenoxy) is 2. The molecule has 0 saturated heterocycles. The fourth-order valence-electron chi connectivity index (χ4n) is 2.76. The summed E-state index contributed by atoms with van der Waals surface area (Å²) in [6.45, 7) is 0.568. The zero-order valence-corrected chi connectivity index (χ0v) is 13.6. The van der Waals surface area contributed by atoms with Crippen molar-refractivity contribution in [3.8, 4) is 5.75 Å². The summed E-state index contributed by atoms with van der Waals surface area (Å²) >= 11 is 0. The Bertz CT molecular complexity index is 819. The van der Waals surface area contributed by atoms with Crippen molar-refractivity contribution < 1.29 is 23.0 Å². The maximum absolute atomic E-state index is 12.8. The summed E-state index contributed by atoms with van der Waals surface area (Å²) in [5, 5.41) is 7.09. The molecule has 2 heterocycles. The van der Waals surface area contributed by atoms with Crippen molar-refractivity contribution in [3.05, 3.63) is 47.4 Å². The molecule has 1 aromatic heterocycles. The van der Waals surface area contributed by atoms with E-state index in [1.54, 1.807) is 32.0 Å². The number of halogens is 2. The average molecular weight is 350 g/mol. The highest BCUT2D eigenvalue weighted by atomic mass is 19.3. The van der Waals surface area contributed by atoms with Crippen LogP contribution in [-0.4, -0.2) is 34.0 Å². The Labute approximate surface area is 142 Å². The molecule has 0 radical (unpaired) electrons. The van der Waals surface area contributed by atoms with Crippen LogP contribution in [0.15, 0.2) is 41.9 Å². The molecule has 0 spiro atoms. The molecule has 7 nitrogen and oxygen atoms in total. The second-order valence-corrected chi connectivity index (χ2v) is 5.23. The van der Waals surface area contributed by atoms with Crippen LogP contribution in [0.4, 0.5) is 14.7 Å². The van der Waals surface area contributed by atoms with Gasteiger partial charge in [0.15, 0.2) is 0 Å². The first-order valence-corrected chi connectivity index (χ1v) is 7.61. The van der Waals surface area contributed by atoms with Gasteiger partial charge in [-0.2, -0.15) is 18.9 Å². The summed E-state index contributed by atoms with van der Waals surface area (Å²) in [7, 11) is 0. The molecule has 0 saturated carbocycles. The van der Waals surface area contributed by atoms with Crippen LogP contribution in [0.2, 0.25) is 0 Å². The van der Waals surface area contributed by atoms with E-state index in [-0.39, 0.29) is 17.9 Å². The maximum atomic E-state index is 12.8. The number of allylic oxidation sites excluding steroid dienone is 1. The number of rotatable bonds is 5. The minimum Gasteiger partial charge on any atom is -0.463 e. The van der Waals surface area contributed by atoms with Gasteiger partial charge in [-0.1, -0.05) is 18.2 Å². The van der Waals surface area contributed by atoms with E-state index in [0.717, 1.165) is 0 Å². The van der Waals surface area contributed by atoms with Crippen LogP contribution in [0, 0.1) is 0 Å². The highest BCUT2D eigenvalue weighted by molar-refractivity contribution is 5.92. The first-order chi connectivity index (χ1) is 12.0. The number of hydrogen-bond acceptors (Lipinski definition) is 6. The monoisotopic (exact) mass is 350 g/mol. The van der Waals surface area contributed by atoms with Crippen molar-refractivity contribution in [3.63, 3.8) is 0 Å². The standard InChI is InChI=1S/C16H16F2N4O3/c1-3-24-14(23)12-9(2)21-16-19-8-20-22(16)13(12)10-6-4-5-7-11(10)25-15(17)18/h4-8,13,15H,3H2,1-2H3,(H,19,20,21)/t13-/m1/s1. The van der Waals surface area contributed by atoms with Crippen LogP contribution >= 0.6 is 0 Å². The van der Waals surface area contributed by atoms with Crippen LogP contribution in [0.3, 0.4) is 0 Å². The van der Waals surface area contributed by atoms with Crippen molar-refractivity contribution in [2.45, 2.75) is 26.5 Å². The number of alkyl halides is 2. The van der Waals surface area contributed by atoms with Gasteiger partial charge in [-0.05, 0) is 19.9 Å². The van der Waals surface area contributed by atoms with Crippen molar-refractivity contribution >= 4 is 11.9 Å². The van der Waals surface area contributed by atoms with Crippen molar-refractivity contribution in [2.75, 3.05) is 11.9 Å². The van der Waals surface area contributed by atoms with Gasteiger partial charge in [0.25, 0.3) is 0 Å². The predicted octanol–water partition coefficient (Wildman–Crippen LogP) is 2.73. The highest BCUT2D eigenvalue weighted by Gasteiger charge is 2.36. The van der Waals surface area contributed by atoms with Gasteiger partial charge in [-0.25, -0.2) is 9.48 Å². The number of nitrogens with zero attached hydrogens (tertiary/aromatic N) is 3. The van der Waals surface area contributed by atoms with E-state index in [2.05, 4.69) is 20.1 Å². The van der Waals surface area contributed by atoms with E-state index >= 15 is 0 Å². The number of anilines is 1. The van der Waals surface area contributed by atoms with E-state index in [9.17, 15) is 13.6 Å². The minimum atomic E-state index is -2.99. The number of carbonyl (C=O) groups is 1. The number of carbonyl (C=O) groups excluding carboxylic acids is 1. The first kappa shape index (κ1) is 16.9. The Hall–Kier alpha value is -2.97. The second-order valence-electron chi connectivity index (χ2n) is 5.23. The van der Waals surface area contributed by atoms with Crippen LogP contribution in [0.25, 0.3) is 0 Å². The normalized spacial score (nSPS) is 16.4. The van der Waals surface area contributed by atoms with E-state index in [1.807, 2.05) is 0 Å². The fraction of sp³-hybridized carbons (Fsp3) is 0.312. The molecule has 0 amide bonds. The first-order valence-electron chi connectivity index (χ1n) is 7.61. The Morgan fingerprint density at radius 3 is 2.88 bits per heavy atom. The Morgan fingerprint density at radius 1 is 1.40 bits per heavy atom. The average Bonchev–Trinajstić information content (AvgIpc) is 3.01. The van der Waals surface area contributed by atoms with E-state index in [1.165, 1.54) is 17.1 Å². The second kappa shape index (κ2) is 6.88. The summed E-state index contributed by atoms with van der Waals surface area (Å²) < 4.78 is 36.8. The van der Waals surface area contributed by atoms with E-state index in [4.69, 9.17) is 4.74 Å². The van der Waals surface area contributed by atoms with Crippen LogP contribution < -0.4 is 10.1 Å². The van der Waals surface area contributed by atoms with Crippen LogP contribution in [0.5, 0.6) is 5.75 Å². The number of aromatic nitrogens is 3. The fourth-order valence-corrected chi connectivity index (χ4v) is 2.76. The number of hydrogen-bond donors (Lipinski definition) is 1. The molecular weight excluding hydrogens is 334 g/mol. The topological polar surface area (TPSA) is 78.3 Å². The van der Waals surface area contributed by atoms with Gasteiger partial charge < -0.3 is 14.8 Å². The molecule has 0 aliphatic carbocycles. The lowest BCUT2D eigenvalue weighted by atomic mass is 9.95. The number of para-hydroxylation sites is 1. The molecule has 0 bridgehead atoms. The molecule has 132 valence electrons. The number of benzene rings is 1. The lowest BCUT2D eigenvalue weighted by molar-refractivity contribution is -0.139. The van der Waals surface area contributed by atoms with Gasteiger partial charge in [0, 0.05) is 11.3 Å². The summed E-state index contributed by atoms with van der Waals surface area (Å²) in [5.74, 6) is -0.214. The zero-order valence-electron chi connectivity index (χ0n) is 13.6. The summed E-state index contributed by atoms with van der Waals surface area (Å²) in [4.78, 5) is 16.6. The van der Waals surface area contributed by atoms with Crippen molar-refractivity contribution in [1.82, 2.24) is 14.8 Å². The SMILES string of the molecule is CCOC(=O)C1=C(C)Nc2ncnn2[C@@H]1c1ccccc1OC(F)F. The van der Waals surface area contributed by atoms with Gasteiger partial charge in [-0.15, -0.1) is 0 Å². The third-order valence-electron chi connectivity index (χ3n) is 3.72. The number of nitrogens with one attached hydrogen (secondary N) is 1. The third-order valence-corrected chi connectivity index (χ3v) is 3.72. The lowest BCUT2D eigenvalue weighted by Gasteiger charge is -2.29. The Morgan fingerprint density at radius 2 is 2.16 bits per heavy atom. The van der Waals surface area contributed by atoms with Gasteiger partial charge >= 0.3 is 12.6 Å². The van der Waals surface area contributed by atoms with Gasteiger partial charge in [0.2, 0.25) is 5.95 Å². The van der Waals surface area contributed by atoms with Gasteiger partial charge in [0.05, 0.1) is 12.2 Å². The molecule has 1 aromatic carbocycles. The molecule has 3 rings (SSSR count).